The van der Waals surface area contributed by atoms with Crippen LogP contribution in [0.2, 0.25) is 0 Å². The van der Waals surface area contributed by atoms with Gasteiger partial charge in [0.2, 0.25) is 0 Å². The number of nitrogens with zero attached hydrogens (tertiary/aromatic N) is 2. The lowest BCUT2D eigenvalue weighted by Crippen LogP contribution is -2.29. The fraction of sp³-hybridized carbons (Fsp3) is 0.474. The van der Waals surface area contributed by atoms with Crippen molar-refractivity contribution >= 4 is 46.3 Å². The average molecular weight is 393 g/mol. The lowest BCUT2D eigenvalue weighted by molar-refractivity contribution is -0.137. The maximum absolute atomic E-state index is 12.5. The summed E-state index contributed by atoms with van der Waals surface area (Å²) in [6, 6.07) is 3.75. The number of pyridine rings is 1. The van der Waals surface area contributed by atoms with E-state index in [0.717, 1.165) is 50.5 Å². The van der Waals surface area contributed by atoms with Crippen LogP contribution < -0.4 is 0 Å². The van der Waals surface area contributed by atoms with Crippen LogP contribution in [0.5, 0.6) is 0 Å². The number of carbonyl (C=O) groups is 2. The topological polar surface area (TPSA) is 70.5 Å². The molecule has 1 aliphatic heterocycles. The summed E-state index contributed by atoms with van der Waals surface area (Å²) in [4.78, 5) is 29.3. The second kappa shape index (κ2) is 11.1. The molecule has 1 saturated heterocycles. The molecular formula is C19H24N2O3S2. The van der Waals surface area contributed by atoms with Gasteiger partial charge in [0.25, 0.3) is 5.91 Å². The lowest BCUT2D eigenvalue weighted by atomic mass is 10.1. The van der Waals surface area contributed by atoms with Gasteiger partial charge in [-0.3, -0.25) is 19.5 Å². The fourth-order valence-corrected chi connectivity index (χ4v) is 4.04. The van der Waals surface area contributed by atoms with Crippen molar-refractivity contribution in [2.24, 2.45) is 0 Å². The fourth-order valence-electron chi connectivity index (χ4n) is 2.74. The van der Waals surface area contributed by atoms with Gasteiger partial charge >= 0.3 is 5.97 Å². The predicted molar refractivity (Wildman–Crippen MR) is 109 cm³/mol. The Kier molecular flexibility index (Phi) is 8.77. The molecule has 1 amide bonds. The minimum atomic E-state index is -0.717. The first-order valence-electron chi connectivity index (χ1n) is 8.95. The maximum atomic E-state index is 12.5. The van der Waals surface area contributed by atoms with Crippen LogP contribution in [0.25, 0.3) is 6.08 Å². The van der Waals surface area contributed by atoms with E-state index in [1.807, 2.05) is 18.2 Å². The summed E-state index contributed by atoms with van der Waals surface area (Å²) in [6.45, 7) is 0.661. The summed E-state index contributed by atoms with van der Waals surface area (Å²) in [5, 5.41) is 8.58. The first kappa shape index (κ1) is 20.6. The van der Waals surface area contributed by atoms with Crippen LogP contribution in [0, 0.1) is 0 Å². The Morgan fingerprint density at radius 1 is 1.19 bits per heavy atom. The smallest absolute Gasteiger partial charge is 0.303 e. The molecule has 1 aliphatic rings. The normalized spacial score (nSPS) is 15.8. The van der Waals surface area contributed by atoms with Gasteiger partial charge in [-0.25, -0.2) is 0 Å². The monoisotopic (exact) mass is 392 g/mol. The van der Waals surface area contributed by atoms with Crippen molar-refractivity contribution in [3.05, 3.63) is 35.0 Å². The van der Waals surface area contributed by atoms with Gasteiger partial charge in [-0.15, -0.1) is 0 Å². The van der Waals surface area contributed by atoms with Gasteiger partial charge in [-0.1, -0.05) is 62.2 Å². The predicted octanol–water partition coefficient (Wildman–Crippen LogP) is 4.49. The van der Waals surface area contributed by atoms with E-state index in [0.29, 0.717) is 15.8 Å². The molecule has 0 unspecified atom stereocenters. The Balaban J connectivity index is 1.65. The summed E-state index contributed by atoms with van der Waals surface area (Å²) < 4.78 is 0.624. The lowest BCUT2D eigenvalue weighted by Gasteiger charge is -2.14. The van der Waals surface area contributed by atoms with E-state index in [-0.39, 0.29) is 12.3 Å². The first-order valence-corrected chi connectivity index (χ1v) is 10.2. The zero-order chi connectivity index (χ0) is 18.8. The Labute approximate surface area is 163 Å². The number of carboxylic acids is 1. The molecule has 0 radical (unpaired) electrons. The third kappa shape index (κ3) is 6.88. The Morgan fingerprint density at radius 2 is 1.88 bits per heavy atom. The van der Waals surface area contributed by atoms with Crippen molar-refractivity contribution in [1.29, 1.82) is 0 Å². The SMILES string of the molecule is O=C(O)CCCCCCCCCN1C(=O)/C(=C/c2cccnc2)SC1=S. The molecule has 1 aromatic heterocycles. The van der Waals surface area contributed by atoms with Crippen LogP contribution in [-0.4, -0.2) is 37.7 Å². The first-order chi connectivity index (χ1) is 12.6. The molecule has 2 heterocycles. The highest BCUT2D eigenvalue weighted by Crippen LogP contribution is 2.32. The Morgan fingerprint density at radius 3 is 2.54 bits per heavy atom. The van der Waals surface area contributed by atoms with Gasteiger partial charge in [0.05, 0.1) is 4.91 Å². The molecule has 7 heteroatoms. The van der Waals surface area contributed by atoms with Gasteiger partial charge in [0.15, 0.2) is 0 Å². The van der Waals surface area contributed by atoms with Gasteiger partial charge in [-0.05, 0) is 30.5 Å². The molecule has 26 heavy (non-hydrogen) atoms. The number of aliphatic carboxylic acids is 1. The van der Waals surface area contributed by atoms with Gasteiger partial charge < -0.3 is 5.11 Å². The number of unbranched alkanes of at least 4 members (excludes halogenated alkanes) is 6. The third-order valence-corrected chi connectivity index (χ3v) is 5.51. The van der Waals surface area contributed by atoms with Crippen LogP contribution in [0.3, 0.4) is 0 Å². The molecule has 2 rings (SSSR count). The Hall–Kier alpha value is -1.73. The van der Waals surface area contributed by atoms with Crippen molar-refractivity contribution in [3.63, 3.8) is 0 Å². The zero-order valence-electron chi connectivity index (χ0n) is 14.7. The van der Waals surface area contributed by atoms with E-state index in [2.05, 4.69) is 4.98 Å². The highest BCUT2D eigenvalue weighted by atomic mass is 32.2. The van der Waals surface area contributed by atoms with E-state index in [1.54, 1.807) is 17.3 Å². The minimum Gasteiger partial charge on any atom is -0.481 e. The third-order valence-electron chi connectivity index (χ3n) is 4.13. The highest BCUT2D eigenvalue weighted by Gasteiger charge is 2.31. The number of carbonyl (C=O) groups excluding carboxylic acids is 1. The number of thiocarbonyl (C=S) groups is 1. The summed E-state index contributed by atoms with van der Waals surface area (Å²) >= 11 is 6.69. The number of thioether (sulfide) groups is 1. The number of amides is 1. The van der Waals surface area contributed by atoms with E-state index in [9.17, 15) is 9.59 Å². The van der Waals surface area contributed by atoms with Crippen molar-refractivity contribution in [1.82, 2.24) is 9.88 Å². The number of hydrogen-bond acceptors (Lipinski definition) is 5. The second-order valence-corrected chi connectivity index (χ2v) is 7.91. The molecule has 1 N–H and O–H groups in total. The van der Waals surface area contributed by atoms with Gasteiger partial charge in [0.1, 0.15) is 4.32 Å². The second-order valence-electron chi connectivity index (χ2n) is 6.24. The summed E-state index contributed by atoms with van der Waals surface area (Å²) in [6.07, 6.45) is 12.5. The van der Waals surface area contributed by atoms with Crippen molar-refractivity contribution in [3.8, 4) is 0 Å². The number of hydrogen-bond donors (Lipinski definition) is 1. The highest BCUT2D eigenvalue weighted by molar-refractivity contribution is 8.26. The minimum absolute atomic E-state index is 0.0162. The molecular weight excluding hydrogens is 368 g/mol. The van der Waals surface area contributed by atoms with Crippen molar-refractivity contribution in [2.75, 3.05) is 6.54 Å². The molecule has 0 aliphatic carbocycles. The largest absolute Gasteiger partial charge is 0.481 e. The Bertz CT molecular complexity index is 662. The molecule has 1 fully saturated rings. The number of rotatable bonds is 11. The van der Waals surface area contributed by atoms with Crippen molar-refractivity contribution < 1.29 is 14.7 Å². The van der Waals surface area contributed by atoms with Crippen LogP contribution in [0.15, 0.2) is 29.4 Å². The van der Waals surface area contributed by atoms with E-state index < -0.39 is 5.97 Å². The maximum Gasteiger partial charge on any atom is 0.303 e. The average Bonchev–Trinajstić information content (AvgIpc) is 2.88. The van der Waals surface area contributed by atoms with Gasteiger partial charge in [-0.2, -0.15) is 0 Å². The van der Waals surface area contributed by atoms with Crippen LogP contribution >= 0.6 is 24.0 Å². The molecule has 0 saturated carbocycles. The summed E-state index contributed by atoms with van der Waals surface area (Å²) in [5.74, 6) is -0.733. The standard InChI is InChI=1S/C19H24N2O3S2/c22-17(23)10-6-4-2-1-3-5-7-12-21-18(24)16(26-19(21)25)13-15-9-8-11-20-14-15/h8-9,11,13-14H,1-7,10,12H2,(H,22,23)/b16-13-. The molecule has 140 valence electrons. The van der Waals surface area contributed by atoms with Crippen LogP contribution in [0.4, 0.5) is 0 Å². The van der Waals surface area contributed by atoms with Crippen molar-refractivity contribution in [2.45, 2.75) is 51.4 Å². The number of aromatic nitrogens is 1. The molecule has 0 atom stereocenters. The van der Waals surface area contributed by atoms with Crippen LogP contribution in [0.1, 0.15) is 56.9 Å². The zero-order valence-corrected chi connectivity index (χ0v) is 16.4. The molecule has 0 aromatic carbocycles. The van der Waals surface area contributed by atoms with E-state index >= 15 is 0 Å². The van der Waals surface area contributed by atoms with E-state index in [1.165, 1.54) is 11.8 Å². The summed E-state index contributed by atoms with van der Waals surface area (Å²) in [7, 11) is 0. The quantitative estimate of drug-likeness (QED) is 0.340. The van der Waals surface area contributed by atoms with E-state index in [4.69, 9.17) is 17.3 Å². The summed E-state index contributed by atoms with van der Waals surface area (Å²) in [5.41, 5.74) is 0.899. The van der Waals surface area contributed by atoms with Crippen LogP contribution in [-0.2, 0) is 9.59 Å². The molecule has 5 nitrogen and oxygen atoms in total. The number of carboxylic acid groups (broad SMARTS) is 1. The molecule has 0 spiro atoms. The molecule has 0 bridgehead atoms. The molecule has 1 aromatic rings. The van der Waals surface area contributed by atoms with Gasteiger partial charge in [0, 0.05) is 25.4 Å².